The molecule has 0 aromatic heterocycles. The second-order valence-corrected chi connectivity index (χ2v) is 5.78. The van der Waals surface area contributed by atoms with Crippen LogP contribution in [0.4, 0.5) is 10.1 Å². The van der Waals surface area contributed by atoms with E-state index in [9.17, 15) is 4.39 Å². The van der Waals surface area contributed by atoms with E-state index < -0.39 is 0 Å². The summed E-state index contributed by atoms with van der Waals surface area (Å²) in [5.41, 5.74) is 8.68. The van der Waals surface area contributed by atoms with Gasteiger partial charge in [-0.15, -0.1) is 0 Å². The topological polar surface area (TPSA) is 29.3 Å². The monoisotopic (exact) mass is 336 g/mol. The molecule has 0 heterocycles. The molecule has 0 spiro atoms. The first kappa shape index (κ1) is 15.0. The number of hydrogen-bond acceptors (Lipinski definition) is 2. The lowest BCUT2D eigenvalue weighted by atomic mass is 10.0. The van der Waals surface area contributed by atoms with E-state index in [0.717, 1.165) is 10.2 Å². The fourth-order valence-electron chi connectivity index (χ4n) is 2.22. The van der Waals surface area contributed by atoms with Gasteiger partial charge < -0.3 is 10.6 Å². The van der Waals surface area contributed by atoms with Gasteiger partial charge in [0.05, 0.1) is 6.04 Å². The molecule has 0 fully saturated rings. The van der Waals surface area contributed by atoms with E-state index in [1.54, 1.807) is 12.1 Å². The van der Waals surface area contributed by atoms with Gasteiger partial charge in [-0.3, -0.25) is 0 Å². The summed E-state index contributed by atoms with van der Waals surface area (Å²) in [6, 6.07) is 12.9. The van der Waals surface area contributed by atoms with E-state index in [0.29, 0.717) is 12.1 Å². The number of nitrogens with two attached hydrogens (primary N) is 1. The summed E-state index contributed by atoms with van der Waals surface area (Å²) in [5, 5.41) is 0. The highest BCUT2D eigenvalue weighted by atomic mass is 79.9. The van der Waals surface area contributed by atoms with Crippen molar-refractivity contribution >= 4 is 21.6 Å². The van der Waals surface area contributed by atoms with Gasteiger partial charge in [0, 0.05) is 29.3 Å². The highest BCUT2D eigenvalue weighted by molar-refractivity contribution is 9.10. The molecule has 2 nitrogen and oxygen atoms in total. The lowest BCUT2D eigenvalue weighted by Gasteiger charge is -2.30. The molecule has 0 aliphatic rings. The molecule has 1 unspecified atom stereocenters. The van der Waals surface area contributed by atoms with Crippen LogP contribution in [0.5, 0.6) is 0 Å². The van der Waals surface area contributed by atoms with E-state index in [1.807, 2.05) is 43.1 Å². The number of anilines is 1. The van der Waals surface area contributed by atoms with Crippen molar-refractivity contribution < 1.29 is 4.39 Å². The average molecular weight is 337 g/mol. The minimum Gasteiger partial charge on any atom is -0.366 e. The highest BCUT2D eigenvalue weighted by Gasteiger charge is 2.19. The van der Waals surface area contributed by atoms with Crippen LogP contribution in [0.3, 0.4) is 0 Å². The number of likely N-dealkylation sites (N-methyl/N-ethyl adjacent to an activating group) is 1. The lowest BCUT2D eigenvalue weighted by molar-refractivity contribution is 0.572. The Morgan fingerprint density at radius 2 is 1.85 bits per heavy atom. The number of halogens is 2. The molecule has 2 aromatic rings. The minimum atomic E-state index is -0.234. The van der Waals surface area contributed by atoms with Gasteiger partial charge in [-0.1, -0.05) is 33.6 Å². The van der Waals surface area contributed by atoms with Gasteiger partial charge in [-0.2, -0.15) is 0 Å². The van der Waals surface area contributed by atoms with Crippen LogP contribution in [0.15, 0.2) is 46.9 Å². The number of nitrogens with zero attached hydrogens (tertiary/aromatic N) is 1. The first-order valence-corrected chi connectivity index (χ1v) is 7.26. The zero-order valence-corrected chi connectivity index (χ0v) is 13.2. The van der Waals surface area contributed by atoms with Crippen molar-refractivity contribution in [2.45, 2.75) is 13.0 Å². The van der Waals surface area contributed by atoms with Crippen molar-refractivity contribution in [1.82, 2.24) is 0 Å². The number of rotatable bonds is 4. The Hall–Kier alpha value is -1.39. The minimum absolute atomic E-state index is 0.199. The second kappa shape index (κ2) is 6.37. The summed E-state index contributed by atoms with van der Waals surface area (Å²) >= 11 is 3.38. The zero-order chi connectivity index (χ0) is 14.7. The van der Waals surface area contributed by atoms with E-state index in [-0.39, 0.29) is 11.9 Å². The van der Waals surface area contributed by atoms with Crippen LogP contribution in [0.25, 0.3) is 0 Å². The second-order valence-electron chi connectivity index (χ2n) is 4.86. The predicted octanol–water partition coefficient (Wildman–Crippen LogP) is 4.03. The SMILES string of the molecule is Cc1ccc(N(C)C(CN)c2cc(Br)ccc2F)cc1. The molecule has 2 aromatic carbocycles. The quantitative estimate of drug-likeness (QED) is 0.913. The van der Waals surface area contributed by atoms with Crippen molar-refractivity contribution in [1.29, 1.82) is 0 Å². The molecule has 0 bridgehead atoms. The standard InChI is InChI=1S/C16H18BrFN2/c1-11-3-6-13(7-4-11)20(2)16(10-19)14-9-12(17)5-8-15(14)18/h3-9,16H,10,19H2,1-2H3. The lowest BCUT2D eigenvalue weighted by Crippen LogP contribution is -2.31. The summed E-state index contributed by atoms with van der Waals surface area (Å²) < 4.78 is 14.9. The largest absolute Gasteiger partial charge is 0.366 e. The Balaban J connectivity index is 2.36. The molecule has 0 aliphatic heterocycles. The van der Waals surface area contributed by atoms with Gasteiger partial charge in [0.2, 0.25) is 0 Å². The molecular weight excluding hydrogens is 319 g/mol. The van der Waals surface area contributed by atoms with Crippen LogP contribution in [-0.2, 0) is 0 Å². The molecule has 2 N–H and O–H groups in total. The van der Waals surface area contributed by atoms with Gasteiger partial charge in [-0.25, -0.2) is 4.39 Å². The Labute approximate surface area is 127 Å². The Bertz CT molecular complexity index is 584. The van der Waals surface area contributed by atoms with Gasteiger partial charge in [0.1, 0.15) is 5.82 Å². The van der Waals surface area contributed by atoms with Crippen molar-refractivity contribution in [3.63, 3.8) is 0 Å². The maximum atomic E-state index is 14.0. The highest BCUT2D eigenvalue weighted by Crippen LogP contribution is 2.28. The molecule has 0 saturated heterocycles. The van der Waals surface area contributed by atoms with Crippen molar-refractivity contribution in [2.24, 2.45) is 5.73 Å². The summed E-state index contributed by atoms with van der Waals surface area (Å²) in [6.07, 6.45) is 0. The van der Waals surface area contributed by atoms with E-state index in [2.05, 4.69) is 15.9 Å². The van der Waals surface area contributed by atoms with Crippen LogP contribution in [0, 0.1) is 12.7 Å². The normalized spacial score (nSPS) is 12.2. The van der Waals surface area contributed by atoms with E-state index in [4.69, 9.17) is 5.73 Å². The number of hydrogen-bond donors (Lipinski definition) is 1. The molecule has 0 aliphatic carbocycles. The van der Waals surface area contributed by atoms with Crippen LogP contribution in [-0.4, -0.2) is 13.6 Å². The maximum absolute atomic E-state index is 14.0. The van der Waals surface area contributed by atoms with Gasteiger partial charge in [0.25, 0.3) is 0 Å². The van der Waals surface area contributed by atoms with Gasteiger partial charge >= 0.3 is 0 Å². The number of aryl methyl sites for hydroxylation is 1. The number of benzene rings is 2. The first-order chi connectivity index (χ1) is 9.52. The summed E-state index contributed by atoms with van der Waals surface area (Å²) in [5.74, 6) is -0.234. The van der Waals surface area contributed by atoms with Crippen LogP contribution < -0.4 is 10.6 Å². The third kappa shape index (κ3) is 3.19. The predicted molar refractivity (Wildman–Crippen MR) is 85.5 cm³/mol. The molecule has 2 rings (SSSR count). The molecule has 20 heavy (non-hydrogen) atoms. The van der Waals surface area contributed by atoms with Crippen molar-refractivity contribution in [3.8, 4) is 0 Å². The van der Waals surface area contributed by atoms with Crippen molar-refractivity contribution in [2.75, 3.05) is 18.5 Å². The summed E-state index contributed by atoms with van der Waals surface area (Å²) in [6.45, 7) is 2.38. The fraction of sp³-hybridized carbons (Fsp3) is 0.250. The van der Waals surface area contributed by atoms with E-state index >= 15 is 0 Å². The van der Waals surface area contributed by atoms with Crippen LogP contribution in [0.1, 0.15) is 17.2 Å². The molecular formula is C16H18BrFN2. The molecule has 4 heteroatoms. The summed E-state index contributed by atoms with van der Waals surface area (Å²) in [7, 11) is 1.93. The third-order valence-electron chi connectivity index (χ3n) is 3.45. The molecule has 0 saturated carbocycles. The van der Waals surface area contributed by atoms with Gasteiger partial charge in [-0.05, 0) is 37.3 Å². The molecule has 0 radical (unpaired) electrons. The van der Waals surface area contributed by atoms with Crippen LogP contribution >= 0.6 is 15.9 Å². The maximum Gasteiger partial charge on any atom is 0.128 e. The molecule has 106 valence electrons. The van der Waals surface area contributed by atoms with Crippen molar-refractivity contribution in [3.05, 3.63) is 63.9 Å². The Kier molecular flexibility index (Phi) is 4.78. The average Bonchev–Trinajstić information content (AvgIpc) is 2.44. The Morgan fingerprint density at radius 1 is 1.20 bits per heavy atom. The zero-order valence-electron chi connectivity index (χ0n) is 11.6. The third-order valence-corrected chi connectivity index (χ3v) is 3.94. The van der Waals surface area contributed by atoms with Gasteiger partial charge in [0.15, 0.2) is 0 Å². The molecule has 1 atom stereocenters. The van der Waals surface area contributed by atoms with E-state index in [1.165, 1.54) is 11.6 Å². The Morgan fingerprint density at radius 3 is 2.45 bits per heavy atom. The molecule has 0 amide bonds. The van der Waals surface area contributed by atoms with Crippen LogP contribution in [0.2, 0.25) is 0 Å². The first-order valence-electron chi connectivity index (χ1n) is 6.47. The fourth-order valence-corrected chi connectivity index (χ4v) is 2.60. The smallest absolute Gasteiger partial charge is 0.128 e. The summed E-state index contributed by atoms with van der Waals surface area (Å²) in [4.78, 5) is 2.00.